The van der Waals surface area contributed by atoms with Gasteiger partial charge >= 0.3 is 11.9 Å². The van der Waals surface area contributed by atoms with Gasteiger partial charge < -0.3 is 15.1 Å². The van der Waals surface area contributed by atoms with Crippen LogP contribution in [-0.4, -0.2) is 46.0 Å². The van der Waals surface area contributed by atoms with Crippen LogP contribution in [0.5, 0.6) is 0 Å². The Kier molecular flexibility index (Phi) is 3.84. The smallest absolute Gasteiger partial charge is 0.323 e. The Morgan fingerprint density at radius 3 is 2.32 bits per heavy atom. The van der Waals surface area contributed by atoms with E-state index in [9.17, 15) is 14.4 Å². The molecule has 1 heterocycles. The SMILES string of the molecule is O=C(O)CN(CC(=O)O)C(=O)c1cc2c(s1)CCC2. The van der Waals surface area contributed by atoms with Crippen molar-refractivity contribution in [2.45, 2.75) is 19.3 Å². The second-order valence-corrected chi connectivity index (χ2v) is 5.50. The first kappa shape index (κ1) is 13.5. The maximum Gasteiger partial charge on any atom is 0.323 e. The molecule has 2 rings (SSSR count). The fourth-order valence-corrected chi connectivity index (χ4v) is 3.34. The van der Waals surface area contributed by atoms with Crippen molar-refractivity contribution in [2.75, 3.05) is 13.1 Å². The van der Waals surface area contributed by atoms with Gasteiger partial charge in [0.05, 0.1) is 4.88 Å². The maximum absolute atomic E-state index is 12.1. The summed E-state index contributed by atoms with van der Waals surface area (Å²) in [6.45, 7) is -1.21. The highest BCUT2D eigenvalue weighted by atomic mass is 32.1. The first-order valence-electron chi connectivity index (χ1n) is 5.82. The van der Waals surface area contributed by atoms with Gasteiger partial charge in [-0.3, -0.25) is 14.4 Å². The molecule has 1 aliphatic rings. The summed E-state index contributed by atoms with van der Waals surface area (Å²) in [7, 11) is 0. The Morgan fingerprint density at radius 2 is 1.79 bits per heavy atom. The molecule has 0 saturated carbocycles. The maximum atomic E-state index is 12.1. The highest BCUT2D eigenvalue weighted by Gasteiger charge is 2.25. The molecule has 0 aliphatic heterocycles. The Morgan fingerprint density at radius 1 is 1.16 bits per heavy atom. The second-order valence-electron chi connectivity index (χ2n) is 4.36. The second kappa shape index (κ2) is 5.40. The summed E-state index contributed by atoms with van der Waals surface area (Å²) >= 11 is 1.34. The average Bonchev–Trinajstić information content (AvgIpc) is 2.85. The van der Waals surface area contributed by atoms with Crippen LogP contribution in [0.15, 0.2) is 6.07 Å². The van der Waals surface area contributed by atoms with Crippen LogP contribution in [0.4, 0.5) is 0 Å². The fraction of sp³-hybridized carbons (Fsp3) is 0.417. The summed E-state index contributed by atoms with van der Waals surface area (Å²) in [5, 5.41) is 17.5. The molecule has 1 aliphatic carbocycles. The minimum Gasteiger partial charge on any atom is -0.480 e. The Bertz CT molecular complexity index is 499. The number of carboxylic acid groups (broad SMARTS) is 2. The lowest BCUT2D eigenvalue weighted by molar-refractivity contribution is -0.140. The van der Waals surface area contributed by atoms with Gasteiger partial charge in [-0.25, -0.2) is 0 Å². The fourth-order valence-electron chi connectivity index (χ4n) is 2.12. The molecule has 0 saturated heterocycles. The van der Waals surface area contributed by atoms with E-state index in [1.54, 1.807) is 6.07 Å². The predicted octanol–water partition coefficient (Wildman–Crippen LogP) is 0.848. The summed E-state index contributed by atoms with van der Waals surface area (Å²) < 4.78 is 0. The van der Waals surface area contributed by atoms with Gasteiger partial charge in [-0.05, 0) is 30.9 Å². The number of aryl methyl sites for hydroxylation is 2. The first-order valence-corrected chi connectivity index (χ1v) is 6.63. The Balaban J connectivity index is 2.17. The molecule has 0 atom stereocenters. The van der Waals surface area contributed by atoms with Gasteiger partial charge in [0.15, 0.2) is 0 Å². The van der Waals surface area contributed by atoms with Crippen LogP contribution in [0, 0.1) is 0 Å². The van der Waals surface area contributed by atoms with E-state index in [0.29, 0.717) is 4.88 Å². The van der Waals surface area contributed by atoms with Crippen LogP contribution < -0.4 is 0 Å². The summed E-state index contributed by atoms with van der Waals surface area (Å²) in [5.41, 5.74) is 1.12. The van der Waals surface area contributed by atoms with Crippen molar-refractivity contribution in [3.05, 3.63) is 21.4 Å². The summed E-state index contributed by atoms with van der Waals surface area (Å²) in [5.74, 6) is -2.97. The molecule has 0 aromatic carbocycles. The standard InChI is InChI=1S/C12H13NO5S/c14-10(15)5-13(6-11(16)17)12(18)9-4-7-2-1-3-8(7)19-9/h4H,1-3,5-6H2,(H,14,15)(H,16,17). The third-order valence-corrected chi connectivity index (χ3v) is 4.12. The van der Waals surface area contributed by atoms with Crippen LogP contribution in [0.2, 0.25) is 0 Å². The highest BCUT2D eigenvalue weighted by Crippen LogP contribution is 2.31. The molecule has 0 spiro atoms. The number of hydrogen-bond acceptors (Lipinski definition) is 4. The molecule has 7 heteroatoms. The molecule has 0 bridgehead atoms. The zero-order chi connectivity index (χ0) is 14.0. The van der Waals surface area contributed by atoms with Gasteiger partial charge in [0.2, 0.25) is 0 Å². The average molecular weight is 283 g/mol. The van der Waals surface area contributed by atoms with E-state index in [2.05, 4.69) is 0 Å². The van der Waals surface area contributed by atoms with E-state index in [4.69, 9.17) is 10.2 Å². The predicted molar refractivity (Wildman–Crippen MR) is 67.5 cm³/mol. The molecule has 1 amide bonds. The number of rotatable bonds is 5. The number of carboxylic acids is 2. The number of fused-ring (bicyclic) bond motifs is 1. The summed E-state index contributed by atoms with van der Waals surface area (Å²) in [6.07, 6.45) is 2.94. The number of aliphatic carboxylic acids is 2. The van der Waals surface area contributed by atoms with Gasteiger partial charge in [0, 0.05) is 4.88 Å². The van der Waals surface area contributed by atoms with Crippen LogP contribution in [0.3, 0.4) is 0 Å². The molecule has 19 heavy (non-hydrogen) atoms. The van der Waals surface area contributed by atoms with Crippen molar-refractivity contribution in [1.29, 1.82) is 0 Å². The molecule has 0 unspecified atom stereocenters. The lowest BCUT2D eigenvalue weighted by Crippen LogP contribution is -2.39. The molecule has 0 fully saturated rings. The first-order chi connectivity index (χ1) is 8.97. The minimum atomic E-state index is -1.22. The van der Waals surface area contributed by atoms with Crippen LogP contribution >= 0.6 is 11.3 Å². The number of carbonyl (C=O) groups excluding carboxylic acids is 1. The van der Waals surface area contributed by atoms with E-state index in [1.807, 2.05) is 0 Å². The van der Waals surface area contributed by atoms with Gasteiger partial charge in [-0.2, -0.15) is 0 Å². The van der Waals surface area contributed by atoms with Crippen molar-refractivity contribution < 1.29 is 24.6 Å². The van der Waals surface area contributed by atoms with E-state index in [0.717, 1.165) is 34.6 Å². The molecule has 1 aromatic rings. The number of carbonyl (C=O) groups is 3. The summed E-state index contributed by atoms with van der Waals surface area (Å²) in [6, 6.07) is 1.76. The highest BCUT2D eigenvalue weighted by molar-refractivity contribution is 7.14. The molecule has 1 aromatic heterocycles. The van der Waals surface area contributed by atoms with E-state index in [-0.39, 0.29) is 0 Å². The Labute approximate surface area is 113 Å². The minimum absolute atomic E-state index is 0.423. The van der Waals surface area contributed by atoms with Crippen molar-refractivity contribution in [3.63, 3.8) is 0 Å². The largest absolute Gasteiger partial charge is 0.480 e. The van der Waals surface area contributed by atoms with Crippen LogP contribution in [0.25, 0.3) is 0 Å². The number of amides is 1. The topological polar surface area (TPSA) is 94.9 Å². The van der Waals surface area contributed by atoms with Crippen molar-refractivity contribution in [1.82, 2.24) is 4.90 Å². The van der Waals surface area contributed by atoms with E-state index in [1.165, 1.54) is 11.3 Å². The molecular formula is C12H13NO5S. The number of thiophene rings is 1. The lowest BCUT2D eigenvalue weighted by atomic mass is 10.2. The number of hydrogen-bond donors (Lipinski definition) is 2. The van der Waals surface area contributed by atoms with Gasteiger partial charge in [0.25, 0.3) is 5.91 Å². The number of nitrogens with zero attached hydrogens (tertiary/aromatic N) is 1. The lowest BCUT2D eigenvalue weighted by Gasteiger charge is -2.17. The van der Waals surface area contributed by atoms with E-state index < -0.39 is 30.9 Å². The Hall–Kier alpha value is -1.89. The van der Waals surface area contributed by atoms with Crippen molar-refractivity contribution in [3.8, 4) is 0 Å². The molecule has 2 N–H and O–H groups in total. The van der Waals surface area contributed by atoms with Crippen LogP contribution in [-0.2, 0) is 22.4 Å². The normalized spacial score (nSPS) is 13.1. The van der Waals surface area contributed by atoms with Gasteiger partial charge in [0.1, 0.15) is 13.1 Å². The molecular weight excluding hydrogens is 270 g/mol. The zero-order valence-electron chi connectivity index (χ0n) is 10.1. The molecule has 102 valence electrons. The third kappa shape index (κ3) is 3.11. The monoisotopic (exact) mass is 283 g/mol. The van der Waals surface area contributed by atoms with Crippen molar-refractivity contribution >= 4 is 29.2 Å². The quantitative estimate of drug-likeness (QED) is 0.835. The summed E-state index contributed by atoms with van der Waals surface area (Å²) in [4.78, 5) is 35.9. The van der Waals surface area contributed by atoms with Crippen LogP contribution in [0.1, 0.15) is 26.5 Å². The van der Waals surface area contributed by atoms with Gasteiger partial charge in [-0.15, -0.1) is 11.3 Å². The van der Waals surface area contributed by atoms with E-state index >= 15 is 0 Å². The molecule has 0 radical (unpaired) electrons. The van der Waals surface area contributed by atoms with Gasteiger partial charge in [-0.1, -0.05) is 0 Å². The van der Waals surface area contributed by atoms with Crippen molar-refractivity contribution in [2.24, 2.45) is 0 Å². The third-order valence-electron chi connectivity index (χ3n) is 2.90. The zero-order valence-corrected chi connectivity index (χ0v) is 10.9. The molecule has 6 nitrogen and oxygen atoms in total.